The van der Waals surface area contributed by atoms with Crippen LogP contribution in [0.4, 0.5) is 24.8 Å². The maximum absolute atomic E-state index is 13.9. The summed E-state index contributed by atoms with van der Waals surface area (Å²) in [6, 6.07) is 30.8. The largest absolute Gasteiger partial charge is 0.497 e. The van der Waals surface area contributed by atoms with Crippen LogP contribution in [0.1, 0.15) is 100.0 Å². The molecule has 0 saturated carbocycles. The first-order valence-electron chi connectivity index (χ1n) is 31.8. The lowest BCUT2D eigenvalue weighted by Gasteiger charge is -2.39. The van der Waals surface area contributed by atoms with E-state index in [0.717, 1.165) is 54.3 Å². The average Bonchev–Trinajstić information content (AvgIpc) is 0.752. The third-order valence-corrected chi connectivity index (χ3v) is 16.9. The number of halogens is 3. The normalized spacial score (nSPS) is 12.7. The molecule has 2 unspecified atom stereocenters. The van der Waals surface area contributed by atoms with Crippen molar-refractivity contribution in [3.63, 3.8) is 0 Å². The van der Waals surface area contributed by atoms with Gasteiger partial charge in [-0.1, -0.05) is 68.4 Å². The van der Waals surface area contributed by atoms with Crippen LogP contribution in [0, 0.1) is 17.2 Å². The fourth-order valence-corrected chi connectivity index (χ4v) is 11.5. The van der Waals surface area contributed by atoms with E-state index in [4.69, 9.17) is 46.9 Å². The van der Waals surface area contributed by atoms with Crippen molar-refractivity contribution in [1.82, 2.24) is 35.2 Å². The number of methoxy groups -OCH3 is 3. The summed E-state index contributed by atoms with van der Waals surface area (Å²) in [5.74, 6) is -4.16. The number of rotatable bonds is 42. The monoisotopic (exact) mass is 1390 g/mol. The molecule has 4 N–H and O–H groups in total. The van der Waals surface area contributed by atoms with Gasteiger partial charge in [0, 0.05) is 48.8 Å². The first kappa shape index (κ1) is 78.4. The van der Waals surface area contributed by atoms with E-state index in [1.165, 1.54) is 0 Å². The Balaban J connectivity index is 0.927. The Morgan fingerprint density at radius 1 is 0.714 bits per heavy atom. The molecule has 26 nitrogen and oxygen atoms in total. The van der Waals surface area contributed by atoms with E-state index in [2.05, 4.69) is 74.3 Å². The molecule has 0 spiro atoms. The number of H-pyrrole nitrogens is 1. The second-order valence-corrected chi connectivity index (χ2v) is 24.2. The van der Waals surface area contributed by atoms with Crippen LogP contribution in [0.15, 0.2) is 114 Å². The molecule has 4 aromatic carbocycles. The molecule has 0 aliphatic carbocycles. The number of alkyl halides is 3. The van der Waals surface area contributed by atoms with Crippen molar-refractivity contribution in [3.8, 4) is 17.6 Å². The summed E-state index contributed by atoms with van der Waals surface area (Å²) in [5.41, 5.74) is -0.688. The van der Waals surface area contributed by atoms with Crippen LogP contribution in [0.5, 0.6) is 11.5 Å². The Bertz CT molecular complexity index is 3530. The predicted octanol–water partition coefficient (Wildman–Crippen LogP) is 8.71. The summed E-state index contributed by atoms with van der Waals surface area (Å²) in [6.45, 7) is 13.2. The molecule has 530 valence electrons. The van der Waals surface area contributed by atoms with E-state index < -0.39 is 80.1 Å². The van der Waals surface area contributed by atoms with E-state index in [1.807, 2.05) is 78.9 Å². The number of aromatic nitrogens is 4. The Kier molecular flexibility index (Phi) is 31.8. The van der Waals surface area contributed by atoms with Crippen LogP contribution in [0.2, 0.25) is 0 Å². The summed E-state index contributed by atoms with van der Waals surface area (Å²) >= 11 is 0. The first-order valence-corrected chi connectivity index (χ1v) is 32.9. The smallest absolute Gasteiger partial charge is 0.471 e. The molecule has 98 heavy (non-hydrogen) atoms. The first-order chi connectivity index (χ1) is 47.0. The Labute approximate surface area is 568 Å². The summed E-state index contributed by atoms with van der Waals surface area (Å²) in [5, 5.41) is 17.1. The number of hydrogen-bond donors (Lipinski definition) is 4. The van der Waals surface area contributed by atoms with E-state index in [-0.39, 0.29) is 131 Å². The van der Waals surface area contributed by atoms with Crippen LogP contribution in [0.25, 0.3) is 11.2 Å². The van der Waals surface area contributed by atoms with Gasteiger partial charge in [0.1, 0.15) is 29.2 Å². The number of fused-ring (bicyclic) bond motifs is 1. The highest BCUT2D eigenvalue weighted by atomic mass is 31.2. The summed E-state index contributed by atoms with van der Waals surface area (Å²) in [7, 11) is 2.63. The number of nitrogens with zero attached hydrogens (tertiary/aromatic N) is 6. The highest BCUT2D eigenvalue weighted by Gasteiger charge is 2.44. The number of nitrogens with one attached hydrogen (secondary N) is 4. The van der Waals surface area contributed by atoms with Gasteiger partial charge < -0.3 is 57.6 Å². The fraction of sp³-hybridized carbons (Fsp3) is 0.471. The lowest BCUT2D eigenvalue weighted by molar-refractivity contribution is -0.170. The third kappa shape index (κ3) is 23.6. The number of carbonyl (C=O) groups is 5. The van der Waals surface area contributed by atoms with E-state index in [1.54, 1.807) is 28.1 Å². The molecule has 2 heterocycles. The van der Waals surface area contributed by atoms with Gasteiger partial charge in [0.25, 0.3) is 20.0 Å². The number of carbonyl (C=O) groups excluding carboxylic acids is 5. The molecule has 0 bridgehead atoms. The van der Waals surface area contributed by atoms with Gasteiger partial charge in [-0.25, -0.2) is 19.4 Å². The predicted molar refractivity (Wildman–Crippen MR) is 357 cm³/mol. The second kappa shape index (κ2) is 39.7. The van der Waals surface area contributed by atoms with E-state index in [0.29, 0.717) is 29.4 Å². The summed E-state index contributed by atoms with van der Waals surface area (Å²) < 4.78 is 104. The van der Waals surface area contributed by atoms with Gasteiger partial charge in [-0.05, 0) is 106 Å². The maximum atomic E-state index is 13.9. The number of nitriles is 1. The van der Waals surface area contributed by atoms with Gasteiger partial charge in [-0.2, -0.15) is 23.4 Å². The molecule has 0 radical (unpaired) electrons. The van der Waals surface area contributed by atoms with Crippen molar-refractivity contribution >= 4 is 60.9 Å². The van der Waals surface area contributed by atoms with Crippen molar-refractivity contribution in [3.05, 3.63) is 148 Å². The van der Waals surface area contributed by atoms with Gasteiger partial charge in [0.15, 0.2) is 11.2 Å². The minimum atomic E-state index is -5.36. The molecule has 3 atom stereocenters. The molecule has 6 aromatic rings. The second-order valence-electron chi connectivity index (χ2n) is 22.8. The molecule has 0 aliphatic rings. The van der Waals surface area contributed by atoms with Crippen LogP contribution >= 0.6 is 8.53 Å². The fourth-order valence-electron chi connectivity index (χ4n) is 9.83. The van der Waals surface area contributed by atoms with Crippen LogP contribution in [0.3, 0.4) is 0 Å². The number of esters is 1. The van der Waals surface area contributed by atoms with Gasteiger partial charge >= 0.3 is 18.1 Å². The van der Waals surface area contributed by atoms with E-state index in [9.17, 15) is 47.2 Å². The van der Waals surface area contributed by atoms with Crippen molar-refractivity contribution in [2.75, 3.05) is 104 Å². The number of hydrogen-bond acceptors (Lipinski definition) is 21. The SMILES string of the molecule is COC(=O)C(CCC(=O)NCCCOCCOCCOCCOC[C@H](COC(c1ccccc1)(c1ccc(OC)cc1)c1ccc(OC)cc1)OP(OCCC#N)N(C(C)C)C(C)C)NC(=O)c1ccc(N(Cc2cnc3nc(NC(=O)C(C)C)[nH]c(=O)c3n2)C(=O)C(F)(F)F)cc1. The molecule has 0 saturated heterocycles. The van der Waals surface area contributed by atoms with Crippen molar-refractivity contribution in [1.29, 1.82) is 5.26 Å². The number of anilines is 2. The Morgan fingerprint density at radius 2 is 1.30 bits per heavy atom. The van der Waals surface area contributed by atoms with Crippen molar-refractivity contribution in [2.45, 2.75) is 110 Å². The Morgan fingerprint density at radius 3 is 1.85 bits per heavy atom. The lowest BCUT2D eigenvalue weighted by atomic mass is 9.80. The molecule has 2 aromatic heterocycles. The third-order valence-electron chi connectivity index (χ3n) is 14.7. The minimum absolute atomic E-state index is 0.0402. The number of amides is 4. The van der Waals surface area contributed by atoms with Crippen molar-refractivity contribution < 1.29 is 84.1 Å². The lowest BCUT2D eigenvalue weighted by Crippen LogP contribution is -2.42. The van der Waals surface area contributed by atoms with Crippen LogP contribution < -0.4 is 35.9 Å². The highest BCUT2D eigenvalue weighted by molar-refractivity contribution is 7.44. The minimum Gasteiger partial charge on any atom is -0.497 e. The molecule has 0 fully saturated rings. The highest BCUT2D eigenvalue weighted by Crippen LogP contribution is 2.48. The zero-order chi connectivity index (χ0) is 71.2. The summed E-state index contributed by atoms with van der Waals surface area (Å²) in [4.78, 5) is 91.3. The number of benzene rings is 4. The van der Waals surface area contributed by atoms with Gasteiger partial charge in [0.2, 0.25) is 17.8 Å². The molecule has 4 amide bonds. The van der Waals surface area contributed by atoms with Gasteiger partial charge in [0.05, 0.1) is 112 Å². The zero-order valence-corrected chi connectivity index (χ0v) is 57.3. The molecule has 30 heteroatoms. The Hall–Kier alpha value is -8.56. The van der Waals surface area contributed by atoms with Crippen molar-refractivity contribution in [2.24, 2.45) is 5.92 Å². The number of aromatic amines is 1. The molecular weight excluding hydrogens is 1300 g/mol. The van der Waals surface area contributed by atoms with Crippen LogP contribution in [-0.2, 0) is 68.8 Å². The topological polar surface area (TPSA) is 316 Å². The van der Waals surface area contributed by atoms with E-state index >= 15 is 0 Å². The molecule has 0 aliphatic heterocycles. The molecular formula is C68H86F3N10O16P. The number of ether oxygens (including phenoxy) is 8. The van der Waals surface area contributed by atoms with Crippen LogP contribution in [-0.4, -0.2) is 179 Å². The van der Waals surface area contributed by atoms with Gasteiger partial charge in [-0.15, -0.1) is 0 Å². The quantitative estimate of drug-likeness (QED) is 0.0120. The standard InChI is InChI=1S/C68H86F3N10O16P/c1-45(2)61(83)78-66-77-60-59(63(85)79-66)75-52(41-74-60)42-80(65(87)68(69,70)71)53-23-17-48(18-24-53)62(84)76-57(64(86)90-9)29-30-58(82)73-32-14-33-91-35-36-92-37-38-93-39-40-94-43-56(97-98(96-34-13-31-72)81(46(3)4)47(5)6)44-95-67(49-15-11-10-12-16-49,50-19-25-54(88-7)26-20-50)51-21-27-55(89-8)28-22-51/h10-12,15-28,41,45-47,56-57H,13-14,29-30,32-40,42-44H2,1-9H3,(H,73,82)(H,76,84)(H2,74,77,78,79,83,85)/t56-,57?,98?/m1/s1. The molecule has 6 rings (SSSR count). The summed E-state index contributed by atoms with van der Waals surface area (Å²) in [6.07, 6.45) is -4.73. The zero-order valence-electron chi connectivity index (χ0n) is 56.4. The van der Waals surface area contributed by atoms with Gasteiger partial charge in [-0.3, -0.25) is 39.2 Å². The average molecular weight is 1390 g/mol. The maximum Gasteiger partial charge on any atom is 0.471 e.